The Balaban J connectivity index is 2.41. The molecular weight excluding hydrogens is 180 g/mol. The van der Waals surface area contributed by atoms with Gasteiger partial charge in [0.05, 0.1) is 0 Å². The zero-order chi connectivity index (χ0) is 11.3. The van der Waals surface area contributed by atoms with E-state index in [-0.39, 0.29) is 0 Å². The van der Waals surface area contributed by atoms with Crippen molar-refractivity contribution < 1.29 is 0 Å². The van der Waals surface area contributed by atoms with Crippen LogP contribution in [0.2, 0.25) is 0 Å². The quantitative estimate of drug-likeness (QED) is 0.492. The standard InChI is InChI=1S/C15H26/c1-11-7-8-13-14(3,4)9-6-10-15(13,5)12(11)2/h13H,6-10H2,1-5H3. The van der Waals surface area contributed by atoms with Crippen LogP contribution in [-0.2, 0) is 0 Å². The Morgan fingerprint density at radius 2 is 1.73 bits per heavy atom. The highest BCUT2D eigenvalue weighted by atomic mass is 14.5. The van der Waals surface area contributed by atoms with Crippen LogP contribution in [0.5, 0.6) is 0 Å². The first-order valence-corrected chi connectivity index (χ1v) is 6.55. The minimum absolute atomic E-state index is 0.518. The summed E-state index contributed by atoms with van der Waals surface area (Å²) in [6.07, 6.45) is 7.04. The molecule has 0 heteroatoms. The van der Waals surface area contributed by atoms with Crippen LogP contribution in [0.3, 0.4) is 0 Å². The van der Waals surface area contributed by atoms with E-state index in [1.807, 2.05) is 0 Å². The number of hydrogen-bond acceptors (Lipinski definition) is 0. The van der Waals surface area contributed by atoms with E-state index in [2.05, 4.69) is 34.6 Å². The molecule has 0 spiro atoms. The summed E-state index contributed by atoms with van der Waals surface area (Å²) >= 11 is 0. The molecule has 0 aromatic carbocycles. The van der Waals surface area contributed by atoms with Gasteiger partial charge in [0.1, 0.15) is 0 Å². The number of hydrogen-bond donors (Lipinski definition) is 0. The molecule has 0 aromatic heterocycles. The third kappa shape index (κ3) is 1.57. The lowest BCUT2D eigenvalue weighted by atomic mass is 9.50. The summed E-state index contributed by atoms with van der Waals surface area (Å²) in [6, 6.07) is 0. The average Bonchev–Trinajstić information content (AvgIpc) is 2.12. The molecule has 2 rings (SSSR count). The Morgan fingerprint density at radius 1 is 1.07 bits per heavy atom. The van der Waals surface area contributed by atoms with E-state index < -0.39 is 0 Å². The van der Waals surface area contributed by atoms with E-state index in [0.29, 0.717) is 10.8 Å². The van der Waals surface area contributed by atoms with E-state index in [1.54, 1.807) is 11.1 Å². The Kier molecular flexibility index (Phi) is 2.52. The van der Waals surface area contributed by atoms with Gasteiger partial charge < -0.3 is 0 Å². The minimum Gasteiger partial charge on any atom is -0.0738 e. The minimum atomic E-state index is 0.518. The Morgan fingerprint density at radius 3 is 2.40 bits per heavy atom. The van der Waals surface area contributed by atoms with Gasteiger partial charge >= 0.3 is 0 Å². The molecule has 0 aliphatic heterocycles. The first-order valence-electron chi connectivity index (χ1n) is 6.55. The van der Waals surface area contributed by atoms with Crippen molar-refractivity contribution in [2.45, 2.75) is 66.7 Å². The fourth-order valence-electron chi connectivity index (χ4n) is 4.32. The highest BCUT2D eigenvalue weighted by Gasteiger charge is 2.48. The van der Waals surface area contributed by atoms with Crippen molar-refractivity contribution in [3.8, 4) is 0 Å². The predicted molar refractivity (Wildman–Crippen MR) is 66.8 cm³/mol. The van der Waals surface area contributed by atoms with Crippen LogP contribution in [0.4, 0.5) is 0 Å². The highest BCUT2D eigenvalue weighted by Crippen LogP contribution is 2.59. The van der Waals surface area contributed by atoms with Crippen molar-refractivity contribution >= 4 is 0 Å². The SMILES string of the molecule is CC1=C(C)C2(C)CCCC(C)(C)C2CC1. The second-order valence-corrected chi connectivity index (χ2v) is 6.76. The average molecular weight is 206 g/mol. The van der Waals surface area contributed by atoms with E-state index >= 15 is 0 Å². The van der Waals surface area contributed by atoms with Crippen LogP contribution in [-0.4, -0.2) is 0 Å². The molecule has 2 aliphatic rings. The van der Waals surface area contributed by atoms with E-state index in [9.17, 15) is 0 Å². The third-order valence-corrected chi connectivity index (χ3v) is 5.53. The topological polar surface area (TPSA) is 0 Å². The second-order valence-electron chi connectivity index (χ2n) is 6.76. The Bertz CT molecular complexity index is 295. The third-order valence-electron chi connectivity index (χ3n) is 5.53. The lowest BCUT2D eigenvalue weighted by Crippen LogP contribution is -2.44. The van der Waals surface area contributed by atoms with E-state index in [1.165, 1.54) is 32.1 Å². The molecule has 0 bridgehead atoms. The number of fused-ring (bicyclic) bond motifs is 1. The zero-order valence-electron chi connectivity index (χ0n) is 11.1. The van der Waals surface area contributed by atoms with Crippen molar-refractivity contribution in [1.82, 2.24) is 0 Å². The van der Waals surface area contributed by atoms with Crippen LogP contribution in [0.15, 0.2) is 11.1 Å². The Hall–Kier alpha value is -0.260. The van der Waals surface area contributed by atoms with Gasteiger partial charge in [-0.25, -0.2) is 0 Å². The van der Waals surface area contributed by atoms with Crippen molar-refractivity contribution in [2.75, 3.05) is 0 Å². The van der Waals surface area contributed by atoms with Gasteiger partial charge in [-0.1, -0.05) is 38.3 Å². The summed E-state index contributed by atoms with van der Waals surface area (Å²) in [5.41, 5.74) is 4.47. The molecule has 0 radical (unpaired) electrons. The molecule has 1 saturated carbocycles. The van der Waals surface area contributed by atoms with Gasteiger partial charge in [-0.05, 0) is 56.3 Å². The fraction of sp³-hybridized carbons (Fsp3) is 0.867. The summed E-state index contributed by atoms with van der Waals surface area (Å²) in [4.78, 5) is 0. The number of rotatable bonds is 0. The van der Waals surface area contributed by atoms with Gasteiger partial charge in [0.2, 0.25) is 0 Å². The van der Waals surface area contributed by atoms with Crippen molar-refractivity contribution in [3.63, 3.8) is 0 Å². The molecule has 0 heterocycles. The molecule has 1 fully saturated rings. The smallest absolute Gasteiger partial charge is 0.00831 e. The predicted octanol–water partition coefficient (Wildman–Crippen LogP) is 4.95. The molecule has 0 N–H and O–H groups in total. The van der Waals surface area contributed by atoms with E-state index in [4.69, 9.17) is 0 Å². The summed E-state index contributed by atoms with van der Waals surface area (Å²) in [5, 5.41) is 0. The van der Waals surface area contributed by atoms with Crippen molar-refractivity contribution in [2.24, 2.45) is 16.7 Å². The monoisotopic (exact) mass is 206 g/mol. The zero-order valence-corrected chi connectivity index (χ0v) is 11.1. The summed E-state index contributed by atoms with van der Waals surface area (Å²) in [7, 11) is 0. The van der Waals surface area contributed by atoms with Crippen LogP contribution in [0, 0.1) is 16.7 Å². The molecule has 2 unspecified atom stereocenters. The lowest BCUT2D eigenvalue weighted by Gasteiger charge is -2.54. The number of allylic oxidation sites excluding steroid dienone is 2. The molecule has 15 heavy (non-hydrogen) atoms. The highest BCUT2D eigenvalue weighted by molar-refractivity contribution is 5.25. The summed E-state index contributed by atoms with van der Waals surface area (Å²) in [5.74, 6) is 0.919. The maximum atomic E-state index is 2.52. The first-order chi connectivity index (χ1) is 6.88. The fourth-order valence-corrected chi connectivity index (χ4v) is 4.32. The van der Waals surface area contributed by atoms with Crippen LogP contribution in [0.1, 0.15) is 66.7 Å². The van der Waals surface area contributed by atoms with Crippen LogP contribution in [0.25, 0.3) is 0 Å². The molecule has 0 amide bonds. The van der Waals surface area contributed by atoms with Crippen molar-refractivity contribution in [1.29, 1.82) is 0 Å². The van der Waals surface area contributed by atoms with Gasteiger partial charge in [0.15, 0.2) is 0 Å². The van der Waals surface area contributed by atoms with Crippen LogP contribution >= 0.6 is 0 Å². The molecule has 2 aliphatic carbocycles. The normalized spacial score (nSPS) is 40.2. The van der Waals surface area contributed by atoms with Crippen LogP contribution < -0.4 is 0 Å². The van der Waals surface area contributed by atoms with Gasteiger partial charge in [-0.15, -0.1) is 0 Å². The second kappa shape index (κ2) is 3.37. The molecule has 0 aromatic rings. The maximum absolute atomic E-state index is 2.52. The van der Waals surface area contributed by atoms with Gasteiger partial charge in [-0.3, -0.25) is 0 Å². The van der Waals surface area contributed by atoms with E-state index in [0.717, 1.165) is 5.92 Å². The maximum Gasteiger partial charge on any atom is -0.00831 e. The summed E-state index contributed by atoms with van der Waals surface area (Å²) in [6.45, 7) is 12.2. The largest absolute Gasteiger partial charge is 0.0738 e. The molecular formula is C15H26. The molecule has 0 nitrogen and oxygen atoms in total. The van der Waals surface area contributed by atoms with Gasteiger partial charge in [0, 0.05) is 0 Å². The van der Waals surface area contributed by atoms with Crippen molar-refractivity contribution in [3.05, 3.63) is 11.1 Å². The van der Waals surface area contributed by atoms with Gasteiger partial charge in [-0.2, -0.15) is 0 Å². The summed E-state index contributed by atoms with van der Waals surface area (Å²) < 4.78 is 0. The Labute approximate surface area is 95.1 Å². The first kappa shape index (κ1) is 11.2. The lowest BCUT2D eigenvalue weighted by molar-refractivity contribution is 0.0128. The van der Waals surface area contributed by atoms with Gasteiger partial charge in [0.25, 0.3) is 0 Å². The molecule has 86 valence electrons. The molecule has 0 saturated heterocycles. The molecule has 2 atom stereocenters.